The number of rotatable bonds is 6. The van der Waals surface area contributed by atoms with Gasteiger partial charge in [0.2, 0.25) is 5.89 Å². The molecule has 0 saturated carbocycles. The molecule has 0 N–H and O–H groups in total. The molecule has 1 heterocycles. The lowest BCUT2D eigenvalue weighted by atomic mass is 10.2. The number of aromatic nitrogens is 1. The van der Waals surface area contributed by atoms with Crippen LogP contribution in [0.15, 0.2) is 71.3 Å². The third-order valence-corrected chi connectivity index (χ3v) is 3.22. The van der Waals surface area contributed by atoms with E-state index in [4.69, 9.17) is 9.15 Å². The highest BCUT2D eigenvalue weighted by Crippen LogP contribution is 2.19. The van der Waals surface area contributed by atoms with Crippen LogP contribution in [0.4, 0.5) is 0 Å². The Hall–Kier alpha value is -2.39. The van der Waals surface area contributed by atoms with Gasteiger partial charge in [0, 0.05) is 5.56 Å². The summed E-state index contributed by atoms with van der Waals surface area (Å²) in [6, 6.07) is 20.2. The summed E-state index contributed by atoms with van der Waals surface area (Å²) in [6.07, 6.45) is 2.64. The van der Waals surface area contributed by atoms with Crippen LogP contribution in [0.5, 0.6) is 0 Å². The Balaban J connectivity index is 1.49. The maximum absolute atomic E-state index is 5.69. The molecule has 0 spiro atoms. The minimum absolute atomic E-state index is 0.402. The molecule has 3 nitrogen and oxygen atoms in total. The van der Waals surface area contributed by atoms with Gasteiger partial charge in [-0.05, 0) is 12.0 Å². The molecule has 3 heteroatoms. The van der Waals surface area contributed by atoms with Gasteiger partial charge >= 0.3 is 0 Å². The van der Waals surface area contributed by atoms with Crippen molar-refractivity contribution in [2.45, 2.75) is 13.0 Å². The van der Waals surface area contributed by atoms with Crippen LogP contribution in [-0.4, -0.2) is 11.6 Å². The number of ether oxygens (including phenoxy) is 1. The molecule has 0 fully saturated rings. The molecule has 0 atom stereocenters. The minimum Gasteiger partial charge on any atom is -0.438 e. The van der Waals surface area contributed by atoms with E-state index < -0.39 is 0 Å². The number of benzene rings is 2. The molecule has 106 valence electrons. The van der Waals surface area contributed by atoms with Crippen LogP contribution in [0.25, 0.3) is 11.3 Å². The monoisotopic (exact) mass is 279 g/mol. The van der Waals surface area contributed by atoms with Gasteiger partial charge in [0.05, 0.1) is 12.8 Å². The van der Waals surface area contributed by atoms with Gasteiger partial charge in [-0.2, -0.15) is 0 Å². The van der Waals surface area contributed by atoms with Crippen molar-refractivity contribution in [1.29, 1.82) is 0 Å². The summed E-state index contributed by atoms with van der Waals surface area (Å²) in [6.45, 7) is 1.06. The maximum Gasteiger partial charge on any atom is 0.220 e. The standard InChI is InChI=1S/C18H17NO2/c1-3-7-15(8-4-1)11-12-20-14-18-19-13-17(21-18)16-9-5-2-6-10-16/h1-10,13H,11-12,14H2. The van der Waals surface area contributed by atoms with E-state index in [-0.39, 0.29) is 0 Å². The van der Waals surface area contributed by atoms with E-state index in [0.29, 0.717) is 19.1 Å². The third kappa shape index (κ3) is 3.80. The molecule has 0 amide bonds. The average Bonchev–Trinajstić information content (AvgIpc) is 3.02. The van der Waals surface area contributed by atoms with Crippen molar-refractivity contribution >= 4 is 0 Å². The minimum atomic E-state index is 0.402. The zero-order chi connectivity index (χ0) is 14.3. The Morgan fingerprint density at radius 3 is 2.38 bits per heavy atom. The van der Waals surface area contributed by atoms with Crippen LogP contribution >= 0.6 is 0 Å². The first-order valence-corrected chi connectivity index (χ1v) is 7.03. The topological polar surface area (TPSA) is 35.3 Å². The highest BCUT2D eigenvalue weighted by Gasteiger charge is 2.05. The zero-order valence-corrected chi connectivity index (χ0v) is 11.7. The van der Waals surface area contributed by atoms with Crippen molar-refractivity contribution in [1.82, 2.24) is 4.98 Å². The number of oxazole rings is 1. The summed E-state index contributed by atoms with van der Waals surface area (Å²) >= 11 is 0. The Morgan fingerprint density at radius 1 is 0.905 bits per heavy atom. The van der Waals surface area contributed by atoms with Crippen LogP contribution in [0, 0.1) is 0 Å². The van der Waals surface area contributed by atoms with Gasteiger partial charge in [-0.3, -0.25) is 0 Å². The second-order valence-electron chi connectivity index (χ2n) is 4.77. The summed E-state index contributed by atoms with van der Waals surface area (Å²) in [5, 5.41) is 0. The molecular formula is C18H17NO2. The molecule has 0 aliphatic carbocycles. The van der Waals surface area contributed by atoms with Crippen molar-refractivity contribution in [3.63, 3.8) is 0 Å². The van der Waals surface area contributed by atoms with E-state index >= 15 is 0 Å². The molecule has 1 aromatic heterocycles. The molecular weight excluding hydrogens is 262 g/mol. The lowest BCUT2D eigenvalue weighted by Crippen LogP contribution is -1.99. The van der Waals surface area contributed by atoms with Crippen molar-refractivity contribution in [2.24, 2.45) is 0 Å². The van der Waals surface area contributed by atoms with Crippen LogP contribution < -0.4 is 0 Å². The highest BCUT2D eigenvalue weighted by atomic mass is 16.5. The average molecular weight is 279 g/mol. The van der Waals surface area contributed by atoms with Crippen molar-refractivity contribution < 1.29 is 9.15 Å². The quantitative estimate of drug-likeness (QED) is 0.637. The van der Waals surface area contributed by atoms with Crippen molar-refractivity contribution in [3.8, 4) is 11.3 Å². The van der Waals surface area contributed by atoms with Gasteiger partial charge in [-0.25, -0.2) is 4.98 Å². The molecule has 3 rings (SSSR count). The van der Waals surface area contributed by atoms with Gasteiger partial charge < -0.3 is 9.15 Å². The predicted molar refractivity (Wildman–Crippen MR) is 81.7 cm³/mol. The summed E-state index contributed by atoms with van der Waals surface area (Å²) in [5.74, 6) is 1.39. The zero-order valence-electron chi connectivity index (χ0n) is 11.7. The third-order valence-electron chi connectivity index (χ3n) is 3.22. The molecule has 3 aromatic rings. The Kier molecular flexibility index (Phi) is 4.44. The van der Waals surface area contributed by atoms with Crippen molar-refractivity contribution in [2.75, 3.05) is 6.61 Å². The number of hydrogen-bond acceptors (Lipinski definition) is 3. The summed E-state index contributed by atoms with van der Waals surface area (Å²) in [5.41, 5.74) is 2.30. The van der Waals surface area contributed by atoms with Gasteiger partial charge in [-0.1, -0.05) is 60.7 Å². The Morgan fingerprint density at radius 2 is 1.62 bits per heavy atom. The predicted octanol–water partition coefficient (Wildman–Crippen LogP) is 4.10. The second-order valence-corrected chi connectivity index (χ2v) is 4.77. The van der Waals surface area contributed by atoms with Crippen LogP contribution in [0.3, 0.4) is 0 Å². The fraction of sp³-hybridized carbons (Fsp3) is 0.167. The van der Waals surface area contributed by atoms with E-state index in [0.717, 1.165) is 17.7 Å². The molecule has 0 bridgehead atoms. The maximum atomic E-state index is 5.69. The smallest absolute Gasteiger partial charge is 0.220 e. The Labute approximate surface area is 124 Å². The summed E-state index contributed by atoms with van der Waals surface area (Å²) in [4.78, 5) is 4.25. The van der Waals surface area contributed by atoms with Crippen LogP contribution in [-0.2, 0) is 17.8 Å². The first-order valence-electron chi connectivity index (χ1n) is 7.03. The van der Waals surface area contributed by atoms with Gasteiger partial charge in [0.25, 0.3) is 0 Å². The first kappa shape index (κ1) is 13.6. The summed E-state index contributed by atoms with van der Waals surface area (Å²) in [7, 11) is 0. The van der Waals surface area contributed by atoms with Crippen molar-refractivity contribution in [3.05, 3.63) is 78.3 Å². The van der Waals surface area contributed by atoms with E-state index in [1.54, 1.807) is 6.20 Å². The Bertz CT molecular complexity index is 662. The second kappa shape index (κ2) is 6.86. The molecule has 21 heavy (non-hydrogen) atoms. The van der Waals surface area contributed by atoms with E-state index in [1.165, 1.54) is 5.56 Å². The fourth-order valence-corrected chi connectivity index (χ4v) is 2.11. The molecule has 0 radical (unpaired) electrons. The van der Waals surface area contributed by atoms with E-state index in [9.17, 15) is 0 Å². The van der Waals surface area contributed by atoms with Gasteiger partial charge in [0.1, 0.15) is 6.61 Å². The van der Waals surface area contributed by atoms with Crippen LogP contribution in [0.2, 0.25) is 0 Å². The molecule has 0 aliphatic heterocycles. The van der Waals surface area contributed by atoms with Gasteiger partial charge in [0.15, 0.2) is 5.76 Å². The number of nitrogens with zero attached hydrogens (tertiary/aromatic N) is 1. The lowest BCUT2D eigenvalue weighted by Gasteiger charge is -2.02. The van der Waals surface area contributed by atoms with Gasteiger partial charge in [-0.15, -0.1) is 0 Å². The van der Waals surface area contributed by atoms with Crippen LogP contribution in [0.1, 0.15) is 11.5 Å². The molecule has 2 aromatic carbocycles. The normalized spacial score (nSPS) is 10.7. The first-order chi connectivity index (χ1) is 10.4. The summed E-state index contributed by atoms with van der Waals surface area (Å²) < 4.78 is 11.3. The van der Waals surface area contributed by atoms with E-state index in [1.807, 2.05) is 48.5 Å². The number of hydrogen-bond donors (Lipinski definition) is 0. The lowest BCUT2D eigenvalue weighted by molar-refractivity contribution is 0.106. The molecule has 0 saturated heterocycles. The SMILES string of the molecule is c1ccc(CCOCc2ncc(-c3ccccc3)o2)cc1. The fourth-order valence-electron chi connectivity index (χ4n) is 2.11. The largest absolute Gasteiger partial charge is 0.438 e. The highest BCUT2D eigenvalue weighted by molar-refractivity contribution is 5.55. The molecule has 0 unspecified atom stereocenters. The van der Waals surface area contributed by atoms with E-state index in [2.05, 4.69) is 17.1 Å². The molecule has 0 aliphatic rings.